The van der Waals surface area contributed by atoms with Crippen molar-refractivity contribution in [3.8, 4) is 17.2 Å². The van der Waals surface area contributed by atoms with Gasteiger partial charge < -0.3 is 18.6 Å². The second kappa shape index (κ2) is 6.91. The summed E-state index contributed by atoms with van der Waals surface area (Å²) in [6, 6.07) is 7.31. The highest BCUT2D eigenvalue weighted by Gasteiger charge is 2.22. The van der Waals surface area contributed by atoms with Gasteiger partial charge in [-0.2, -0.15) is 0 Å². The monoisotopic (exact) mass is 370 g/mol. The Labute approximate surface area is 152 Å². The zero-order chi connectivity index (χ0) is 19.7. The van der Waals surface area contributed by atoms with Crippen LogP contribution >= 0.6 is 0 Å². The number of esters is 3. The molecule has 0 atom stereocenters. The normalized spacial score (nSPS) is 10.6. The van der Waals surface area contributed by atoms with Crippen LogP contribution in [0.3, 0.4) is 0 Å². The first-order valence-electron chi connectivity index (χ1n) is 7.85. The van der Waals surface area contributed by atoms with Gasteiger partial charge in [0.15, 0.2) is 11.5 Å². The van der Waals surface area contributed by atoms with Crippen LogP contribution < -0.4 is 19.6 Å². The molecule has 138 valence electrons. The largest absolute Gasteiger partial charge is 0.456 e. The Morgan fingerprint density at radius 2 is 1.33 bits per heavy atom. The van der Waals surface area contributed by atoms with Gasteiger partial charge in [0.1, 0.15) is 27.7 Å². The lowest BCUT2D eigenvalue weighted by Crippen LogP contribution is -2.12. The van der Waals surface area contributed by atoms with Crippen molar-refractivity contribution in [2.75, 3.05) is 0 Å². The summed E-state index contributed by atoms with van der Waals surface area (Å²) in [6.45, 7) is 3.51. The maximum Gasteiger partial charge on any atom is 0.308 e. The van der Waals surface area contributed by atoms with Crippen molar-refractivity contribution in [3.63, 3.8) is 0 Å². The lowest BCUT2D eigenvalue weighted by molar-refractivity contribution is -0.134. The molecule has 0 spiro atoms. The van der Waals surface area contributed by atoms with Gasteiger partial charge in [-0.3, -0.25) is 19.2 Å². The maximum absolute atomic E-state index is 13.1. The minimum absolute atomic E-state index is 0.00214. The quantitative estimate of drug-likeness (QED) is 0.393. The fourth-order valence-corrected chi connectivity index (χ4v) is 2.63. The molecule has 0 saturated heterocycles. The third-order valence-electron chi connectivity index (χ3n) is 3.50. The summed E-state index contributed by atoms with van der Waals surface area (Å²) in [5.74, 6) is -2.35. The number of benzene rings is 2. The summed E-state index contributed by atoms with van der Waals surface area (Å²) in [4.78, 5) is 47.3. The first-order chi connectivity index (χ1) is 12.8. The van der Waals surface area contributed by atoms with E-state index in [9.17, 15) is 19.2 Å². The summed E-state index contributed by atoms with van der Waals surface area (Å²) in [7, 11) is 0. The van der Waals surface area contributed by atoms with Crippen molar-refractivity contribution in [1.29, 1.82) is 0 Å². The Hall–Kier alpha value is -3.68. The van der Waals surface area contributed by atoms with Crippen LogP contribution in [0.5, 0.6) is 17.2 Å². The van der Waals surface area contributed by atoms with Gasteiger partial charge in [0.25, 0.3) is 0 Å². The van der Waals surface area contributed by atoms with Crippen LogP contribution in [-0.4, -0.2) is 17.9 Å². The average molecular weight is 370 g/mol. The molecule has 8 nitrogen and oxygen atoms in total. The van der Waals surface area contributed by atoms with Crippen molar-refractivity contribution in [2.24, 2.45) is 0 Å². The molecule has 1 heterocycles. The smallest absolute Gasteiger partial charge is 0.308 e. The molecule has 8 heteroatoms. The topological polar surface area (TPSA) is 109 Å². The lowest BCUT2D eigenvalue weighted by Gasteiger charge is -2.12. The lowest BCUT2D eigenvalue weighted by atomic mass is 10.1. The second-order valence-corrected chi connectivity index (χ2v) is 5.61. The van der Waals surface area contributed by atoms with Crippen LogP contribution in [0.25, 0.3) is 21.9 Å². The Balaban J connectivity index is 2.43. The first-order valence-corrected chi connectivity index (χ1v) is 7.85. The van der Waals surface area contributed by atoms with Crippen LogP contribution in [0.1, 0.15) is 20.8 Å². The number of carbonyl (C=O) groups excluding carboxylic acids is 3. The second-order valence-electron chi connectivity index (χ2n) is 5.61. The Bertz CT molecular complexity index is 1160. The molecule has 0 N–H and O–H groups in total. The molecule has 0 unspecified atom stereocenters. The van der Waals surface area contributed by atoms with E-state index in [1.807, 2.05) is 0 Å². The van der Waals surface area contributed by atoms with E-state index in [1.54, 1.807) is 6.07 Å². The number of carbonyl (C=O) groups is 3. The number of fused-ring (bicyclic) bond motifs is 2. The number of hydrogen-bond donors (Lipinski definition) is 0. The van der Waals surface area contributed by atoms with E-state index in [1.165, 1.54) is 38.1 Å². The molecular weight excluding hydrogens is 356 g/mol. The molecule has 3 aromatic rings. The number of hydrogen-bond acceptors (Lipinski definition) is 8. The molecule has 0 aliphatic rings. The molecular formula is C19H14O8. The highest BCUT2D eigenvalue weighted by Crippen LogP contribution is 2.37. The van der Waals surface area contributed by atoms with Gasteiger partial charge in [-0.25, -0.2) is 0 Å². The molecule has 0 fully saturated rings. The SMILES string of the molecule is CC(=O)Oc1ccc2oc3cccc(OC(C)=O)c3c(=O)c2c1OC(C)=O. The molecule has 0 amide bonds. The summed E-state index contributed by atoms with van der Waals surface area (Å²) < 4.78 is 20.9. The highest BCUT2D eigenvalue weighted by molar-refractivity contribution is 5.99. The Morgan fingerprint density at radius 1 is 0.741 bits per heavy atom. The highest BCUT2D eigenvalue weighted by atomic mass is 16.6. The van der Waals surface area contributed by atoms with Crippen LogP contribution in [0, 0.1) is 0 Å². The van der Waals surface area contributed by atoms with Crippen LogP contribution in [-0.2, 0) is 14.4 Å². The summed E-state index contributed by atoms with van der Waals surface area (Å²) in [5, 5.41) is -0.121. The van der Waals surface area contributed by atoms with E-state index in [-0.39, 0.29) is 39.2 Å². The average Bonchev–Trinajstić information content (AvgIpc) is 2.55. The van der Waals surface area contributed by atoms with Gasteiger partial charge in [-0.1, -0.05) is 6.07 Å². The van der Waals surface area contributed by atoms with Crippen molar-refractivity contribution in [1.82, 2.24) is 0 Å². The molecule has 0 saturated carbocycles. The Morgan fingerprint density at radius 3 is 1.96 bits per heavy atom. The van der Waals surface area contributed by atoms with E-state index in [2.05, 4.69) is 0 Å². The zero-order valence-corrected chi connectivity index (χ0v) is 14.7. The van der Waals surface area contributed by atoms with Gasteiger partial charge in [0.2, 0.25) is 5.43 Å². The standard InChI is InChI=1S/C19H14O8/c1-9(20)24-12-5-4-6-13-16(12)18(23)17-14(27-13)7-8-15(25-10(2)21)19(17)26-11(3)22/h4-8H,1-3H3. The van der Waals surface area contributed by atoms with Crippen LogP contribution in [0.4, 0.5) is 0 Å². The molecule has 1 aromatic heterocycles. The van der Waals surface area contributed by atoms with Crippen molar-refractivity contribution >= 4 is 39.8 Å². The summed E-state index contributed by atoms with van der Waals surface area (Å²) in [5.41, 5.74) is -0.312. The third-order valence-corrected chi connectivity index (χ3v) is 3.50. The van der Waals surface area contributed by atoms with Gasteiger partial charge >= 0.3 is 17.9 Å². The van der Waals surface area contributed by atoms with Crippen molar-refractivity contribution in [3.05, 3.63) is 40.6 Å². The molecule has 27 heavy (non-hydrogen) atoms. The first kappa shape index (κ1) is 18.1. The van der Waals surface area contributed by atoms with Crippen LogP contribution in [0.15, 0.2) is 39.5 Å². The number of ether oxygens (including phenoxy) is 3. The van der Waals surface area contributed by atoms with E-state index in [0.29, 0.717) is 0 Å². The fourth-order valence-electron chi connectivity index (χ4n) is 2.63. The molecule has 0 bridgehead atoms. The summed E-state index contributed by atoms with van der Waals surface area (Å²) >= 11 is 0. The van der Waals surface area contributed by atoms with E-state index in [4.69, 9.17) is 18.6 Å². The predicted molar refractivity (Wildman–Crippen MR) is 93.9 cm³/mol. The van der Waals surface area contributed by atoms with Gasteiger partial charge in [0.05, 0.1) is 0 Å². The van der Waals surface area contributed by atoms with Gasteiger partial charge in [-0.15, -0.1) is 0 Å². The minimum Gasteiger partial charge on any atom is -0.456 e. The summed E-state index contributed by atoms with van der Waals surface area (Å²) in [6.07, 6.45) is 0. The fraction of sp³-hybridized carbons (Fsp3) is 0.158. The van der Waals surface area contributed by atoms with E-state index >= 15 is 0 Å². The van der Waals surface area contributed by atoms with E-state index in [0.717, 1.165) is 6.92 Å². The molecule has 0 radical (unpaired) electrons. The molecule has 0 aliphatic heterocycles. The number of rotatable bonds is 3. The van der Waals surface area contributed by atoms with Gasteiger partial charge in [0, 0.05) is 20.8 Å². The third kappa shape index (κ3) is 3.50. The Kier molecular flexibility index (Phi) is 4.64. The van der Waals surface area contributed by atoms with Crippen LogP contribution in [0.2, 0.25) is 0 Å². The maximum atomic E-state index is 13.1. The van der Waals surface area contributed by atoms with Crippen molar-refractivity contribution < 1.29 is 33.0 Å². The van der Waals surface area contributed by atoms with Gasteiger partial charge in [-0.05, 0) is 24.3 Å². The zero-order valence-electron chi connectivity index (χ0n) is 14.7. The predicted octanol–water partition coefficient (Wildman–Crippen LogP) is 2.72. The minimum atomic E-state index is -0.719. The van der Waals surface area contributed by atoms with E-state index < -0.39 is 23.3 Å². The molecule has 3 rings (SSSR count). The molecule has 2 aromatic carbocycles. The van der Waals surface area contributed by atoms with Crippen molar-refractivity contribution in [2.45, 2.75) is 20.8 Å². The molecule has 0 aliphatic carbocycles.